The van der Waals surface area contributed by atoms with Crippen LogP contribution < -0.4 is 16.2 Å². The highest BCUT2D eigenvalue weighted by atomic mass is 35.5. The van der Waals surface area contributed by atoms with E-state index in [9.17, 15) is 9.59 Å². The molecule has 2 amide bonds. The molecule has 110 valence electrons. The lowest BCUT2D eigenvalue weighted by Crippen LogP contribution is -2.31. The van der Waals surface area contributed by atoms with Gasteiger partial charge in [-0.05, 0) is 24.6 Å². The number of para-hydroxylation sites is 1. The lowest BCUT2D eigenvalue weighted by Gasteiger charge is -2.09. The van der Waals surface area contributed by atoms with E-state index in [0.717, 1.165) is 0 Å². The summed E-state index contributed by atoms with van der Waals surface area (Å²) >= 11 is 5.94. The van der Waals surface area contributed by atoms with Gasteiger partial charge in [0.15, 0.2) is 0 Å². The minimum Gasteiger partial charge on any atom is -0.338 e. The topological polar surface area (TPSA) is 76.0 Å². The summed E-state index contributed by atoms with van der Waals surface area (Å²) in [5.74, 6) is 0. The second-order valence-electron chi connectivity index (χ2n) is 4.30. The van der Waals surface area contributed by atoms with Crippen molar-refractivity contribution in [1.29, 1.82) is 0 Å². The standard InChI is InChI=1S/C14H15ClN4O2/c15-11-5-1-2-6-12(11)18-14(21)16-8-4-10-19-13(20)7-3-9-17-19/h1-3,5-7,9H,4,8,10H2,(H2,16,18,21). The molecule has 0 saturated carbocycles. The number of hydrogen-bond acceptors (Lipinski definition) is 3. The average Bonchev–Trinajstić information content (AvgIpc) is 2.48. The molecular weight excluding hydrogens is 292 g/mol. The van der Waals surface area contributed by atoms with Gasteiger partial charge >= 0.3 is 6.03 Å². The second kappa shape index (κ2) is 7.44. The summed E-state index contributed by atoms with van der Waals surface area (Å²) in [6.07, 6.45) is 2.16. The number of amides is 2. The Kier molecular flexibility index (Phi) is 5.34. The molecule has 2 aromatic rings. The van der Waals surface area contributed by atoms with Crippen LogP contribution in [0.2, 0.25) is 5.02 Å². The first-order valence-electron chi connectivity index (χ1n) is 6.48. The smallest absolute Gasteiger partial charge is 0.319 e. The number of benzene rings is 1. The number of nitrogens with zero attached hydrogens (tertiary/aromatic N) is 2. The van der Waals surface area contributed by atoms with E-state index in [0.29, 0.717) is 30.2 Å². The van der Waals surface area contributed by atoms with Gasteiger partial charge in [0.1, 0.15) is 0 Å². The maximum absolute atomic E-state index is 11.7. The van der Waals surface area contributed by atoms with E-state index in [2.05, 4.69) is 15.7 Å². The third kappa shape index (κ3) is 4.61. The molecular formula is C14H15ClN4O2. The zero-order chi connectivity index (χ0) is 15.1. The number of anilines is 1. The Balaban J connectivity index is 1.74. The van der Waals surface area contributed by atoms with Crippen molar-refractivity contribution in [3.63, 3.8) is 0 Å². The number of halogens is 1. The number of rotatable bonds is 5. The Labute approximate surface area is 126 Å². The van der Waals surface area contributed by atoms with E-state index in [-0.39, 0.29) is 11.6 Å². The van der Waals surface area contributed by atoms with E-state index in [1.54, 1.807) is 36.5 Å². The van der Waals surface area contributed by atoms with Gasteiger partial charge in [-0.2, -0.15) is 5.10 Å². The van der Waals surface area contributed by atoms with Gasteiger partial charge in [0, 0.05) is 25.4 Å². The molecule has 2 N–H and O–H groups in total. The van der Waals surface area contributed by atoms with Crippen molar-refractivity contribution in [2.24, 2.45) is 0 Å². The second-order valence-corrected chi connectivity index (χ2v) is 4.71. The zero-order valence-electron chi connectivity index (χ0n) is 11.3. The quantitative estimate of drug-likeness (QED) is 0.831. The number of aryl methyl sites for hydroxylation is 1. The molecule has 0 spiro atoms. The number of aromatic nitrogens is 2. The minimum atomic E-state index is -0.337. The molecule has 0 radical (unpaired) electrons. The van der Waals surface area contributed by atoms with Crippen LogP contribution in [-0.4, -0.2) is 22.4 Å². The zero-order valence-corrected chi connectivity index (χ0v) is 12.0. The highest BCUT2D eigenvalue weighted by Crippen LogP contribution is 2.19. The fourth-order valence-corrected chi connectivity index (χ4v) is 1.90. The van der Waals surface area contributed by atoms with E-state index in [1.165, 1.54) is 10.7 Å². The fraction of sp³-hybridized carbons (Fsp3) is 0.214. The van der Waals surface area contributed by atoms with E-state index >= 15 is 0 Å². The summed E-state index contributed by atoms with van der Waals surface area (Å²) in [5, 5.41) is 9.76. The van der Waals surface area contributed by atoms with Crippen LogP contribution in [0.4, 0.5) is 10.5 Å². The van der Waals surface area contributed by atoms with Crippen LogP contribution in [0.25, 0.3) is 0 Å². The van der Waals surface area contributed by atoms with Crippen LogP contribution in [-0.2, 0) is 6.54 Å². The van der Waals surface area contributed by atoms with Gasteiger partial charge in [-0.3, -0.25) is 4.79 Å². The summed E-state index contributed by atoms with van der Waals surface area (Å²) in [6.45, 7) is 0.880. The lowest BCUT2D eigenvalue weighted by molar-refractivity contribution is 0.251. The molecule has 21 heavy (non-hydrogen) atoms. The van der Waals surface area contributed by atoms with Crippen LogP contribution in [0.1, 0.15) is 6.42 Å². The van der Waals surface area contributed by atoms with Crippen LogP contribution >= 0.6 is 11.6 Å². The molecule has 6 nitrogen and oxygen atoms in total. The number of urea groups is 1. The number of carbonyl (C=O) groups excluding carboxylic acids is 1. The summed E-state index contributed by atoms with van der Waals surface area (Å²) < 4.78 is 1.35. The summed E-state index contributed by atoms with van der Waals surface area (Å²) in [6, 6.07) is 9.69. The van der Waals surface area contributed by atoms with Crippen LogP contribution in [0.15, 0.2) is 47.4 Å². The molecule has 7 heteroatoms. The SMILES string of the molecule is O=C(NCCCn1ncccc1=O)Nc1ccccc1Cl. The van der Waals surface area contributed by atoms with Gasteiger partial charge < -0.3 is 10.6 Å². The predicted molar refractivity (Wildman–Crippen MR) is 81.6 cm³/mol. The molecule has 1 aromatic carbocycles. The Morgan fingerprint density at radius 3 is 2.81 bits per heavy atom. The molecule has 0 atom stereocenters. The van der Waals surface area contributed by atoms with Crippen LogP contribution in [0, 0.1) is 0 Å². The van der Waals surface area contributed by atoms with E-state index in [4.69, 9.17) is 11.6 Å². The third-order valence-electron chi connectivity index (χ3n) is 2.74. The maximum Gasteiger partial charge on any atom is 0.319 e. The van der Waals surface area contributed by atoms with E-state index in [1.807, 2.05) is 0 Å². The van der Waals surface area contributed by atoms with Crippen LogP contribution in [0.3, 0.4) is 0 Å². The molecule has 0 bridgehead atoms. The van der Waals surface area contributed by atoms with Crippen molar-refractivity contribution in [3.05, 3.63) is 58.0 Å². The van der Waals surface area contributed by atoms with Gasteiger partial charge in [-0.25, -0.2) is 9.48 Å². The molecule has 0 fully saturated rings. The largest absolute Gasteiger partial charge is 0.338 e. The van der Waals surface area contributed by atoms with E-state index < -0.39 is 0 Å². The first kappa shape index (κ1) is 15.1. The minimum absolute atomic E-state index is 0.155. The van der Waals surface area contributed by atoms with Gasteiger partial charge in [0.25, 0.3) is 5.56 Å². The molecule has 0 saturated heterocycles. The number of hydrogen-bond donors (Lipinski definition) is 2. The van der Waals surface area contributed by atoms with Crippen molar-refractivity contribution >= 4 is 23.3 Å². The number of carbonyl (C=O) groups is 1. The fourth-order valence-electron chi connectivity index (χ4n) is 1.72. The highest BCUT2D eigenvalue weighted by Gasteiger charge is 2.04. The van der Waals surface area contributed by atoms with Crippen molar-refractivity contribution in [2.45, 2.75) is 13.0 Å². The van der Waals surface area contributed by atoms with Crippen molar-refractivity contribution in [2.75, 3.05) is 11.9 Å². The Bertz CT molecular complexity index is 672. The van der Waals surface area contributed by atoms with Gasteiger partial charge in [-0.1, -0.05) is 23.7 Å². The Morgan fingerprint density at radius 1 is 1.24 bits per heavy atom. The molecule has 2 rings (SSSR count). The van der Waals surface area contributed by atoms with Gasteiger partial charge in [0.2, 0.25) is 0 Å². The normalized spacial score (nSPS) is 10.1. The van der Waals surface area contributed by atoms with Crippen molar-refractivity contribution in [3.8, 4) is 0 Å². The lowest BCUT2D eigenvalue weighted by atomic mass is 10.3. The monoisotopic (exact) mass is 306 g/mol. The summed E-state index contributed by atoms with van der Waals surface area (Å²) in [4.78, 5) is 23.1. The summed E-state index contributed by atoms with van der Waals surface area (Å²) in [5.41, 5.74) is 0.399. The van der Waals surface area contributed by atoms with Crippen molar-refractivity contribution in [1.82, 2.24) is 15.1 Å². The first-order valence-corrected chi connectivity index (χ1v) is 6.86. The molecule has 1 heterocycles. The molecule has 0 aliphatic heterocycles. The molecule has 1 aromatic heterocycles. The third-order valence-corrected chi connectivity index (χ3v) is 3.07. The average molecular weight is 307 g/mol. The number of nitrogens with one attached hydrogen (secondary N) is 2. The maximum atomic E-state index is 11.7. The van der Waals surface area contributed by atoms with Gasteiger partial charge in [-0.15, -0.1) is 0 Å². The molecule has 0 aliphatic carbocycles. The molecule has 0 aliphatic rings. The van der Waals surface area contributed by atoms with Crippen molar-refractivity contribution < 1.29 is 4.79 Å². The Morgan fingerprint density at radius 2 is 2.05 bits per heavy atom. The summed E-state index contributed by atoms with van der Waals surface area (Å²) in [7, 11) is 0. The predicted octanol–water partition coefficient (Wildman–Crippen LogP) is 2.11. The first-order chi connectivity index (χ1) is 10.2. The highest BCUT2D eigenvalue weighted by molar-refractivity contribution is 6.33. The van der Waals surface area contributed by atoms with Crippen LogP contribution in [0.5, 0.6) is 0 Å². The molecule has 0 unspecified atom stereocenters. The van der Waals surface area contributed by atoms with Gasteiger partial charge in [0.05, 0.1) is 10.7 Å². The Hall–Kier alpha value is -2.34.